The highest BCUT2D eigenvalue weighted by Gasteiger charge is 2.15. The van der Waals surface area contributed by atoms with Gasteiger partial charge in [-0.25, -0.2) is 0 Å². The molecule has 1 aromatic rings. The third-order valence-corrected chi connectivity index (χ3v) is 2.51. The number of carbonyl (C=O) groups excluding carboxylic acids is 1. The van der Waals surface area contributed by atoms with E-state index >= 15 is 0 Å². The van der Waals surface area contributed by atoms with Crippen molar-refractivity contribution in [3.8, 4) is 0 Å². The van der Waals surface area contributed by atoms with E-state index in [1.807, 2.05) is 19.1 Å². The minimum absolute atomic E-state index is 0.0198. The zero-order valence-corrected chi connectivity index (χ0v) is 9.03. The van der Waals surface area contributed by atoms with Crippen LogP contribution in [0.5, 0.6) is 0 Å². The molecule has 0 aromatic carbocycles. The molecule has 0 aliphatic carbocycles. The molecular weight excluding hydrogens is 200 g/mol. The first-order chi connectivity index (χ1) is 6.66. The van der Waals surface area contributed by atoms with Gasteiger partial charge in [0.2, 0.25) is 5.91 Å². The minimum atomic E-state index is -0.0732. The Labute approximate surface area is 88.7 Å². The Balaban J connectivity index is 2.75. The Morgan fingerprint density at radius 3 is 2.64 bits per heavy atom. The van der Waals surface area contributed by atoms with Gasteiger partial charge in [-0.2, -0.15) is 0 Å². The second-order valence-electron chi connectivity index (χ2n) is 3.09. The van der Waals surface area contributed by atoms with Crippen molar-refractivity contribution in [2.24, 2.45) is 0 Å². The van der Waals surface area contributed by atoms with Crippen LogP contribution in [0.25, 0.3) is 0 Å². The lowest BCUT2D eigenvalue weighted by atomic mass is 10.1. The van der Waals surface area contributed by atoms with Crippen LogP contribution in [0.1, 0.15) is 18.5 Å². The molecule has 0 spiro atoms. The normalized spacial score (nSPS) is 12.2. The van der Waals surface area contributed by atoms with E-state index in [2.05, 4.69) is 4.98 Å². The minimum Gasteiger partial charge on any atom is -0.338 e. The standard InChI is InChI=1S/C10H13ClN2O/c1-8(13(2)10(14)7-11)9-3-5-12-6-4-9/h3-6,8H,7H2,1-2H3. The van der Waals surface area contributed by atoms with Crippen molar-refractivity contribution in [3.63, 3.8) is 0 Å². The lowest BCUT2D eigenvalue weighted by Crippen LogP contribution is -2.30. The van der Waals surface area contributed by atoms with Gasteiger partial charge in [0, 0.05) is 19.4 Å². The van der Waals surface area contributed by atoms with Crippen molar-refractivity contribution in [1.82, 2.24) is 9.88 Å². The van der Waals surface area contributed by atoms with Gasteiger partial charge in [-0.3, -0.25) is 9.78 Å². The molecule has 0 saturated carbocycles. The Hall–Kier alpha value is -1.09. The number of pyridine rings is 1. The monoisotopic (exact) mass is 212 g/mol. The number of nitrogens with zero attached hydrogens (tertiary/aromatic N) is 2. The molecule has 1 atom stereocenters. The number of hydrogen-bond acceptors (Lipinski definition) is 2. The highest BCUT2D eigenvalue weighted by molar-refractivity contribution is 6.27. The van der Waals surface area contributed by atoms with Crippen molar-refractivity contribution in [2.75, 3.05) is 12.9 Å². The lowest BCUT2D eigenvalue weighted by molar-refractivity contribution is -0.129. The van der Waals surface area contributed by atoms with Gasteiger partial charge >= 0.3 is 0 Å². The summed E-state index contributed by atoms with van der Waals surface area (Å²) in [7, 11) is 1.75. The van der Waals surface area contributed by atoms with Crippen LogP contribution in [-0.2, 0) is 4.79 Å². The number of aromatic nitrogens is 1. The molecule has 1 rings (SSSR count). The molecule has 0 bridgehead atoms. The van der Waals surface area contributed by atoms with E-state index in [4.69, 9.17) is 11.6 Å². The number of rotatable bonds is 3. The van der Waals surface area contributed by atoms with Crippen molar-refractivity contribution in [3.05, 3.63) is 30.1 Å². The fourth-order valence-electron chi connectivity index (χ4n) is 1.18. The summed E-state index contributed by atoms with van der Waals surface area (Å²) in [6.07, 6.45) is 3.43. The number of amides is 1. The molecule has 0 aliphatic rings. The summed E-state index contributed by atoms with van der Waals surface area (Å²) in [5, 5.41) is 0. The van der Waals surface area contributed by atoms with Crippen LogP contribution in [0, 0.1) is 0 Å². The smallest absolute Gasteiger partial charge is 0.237 e. The summed E-state index contributed by atoms with van der Waals surface area (Å²) in [5.41, 5.74) is 1.06. The van der Waals surface area contributed by atoms with Crippen molar-refractivity contribution in [2.45, 2.75) is 13.0 Å². The van der Waals surface area contributed by atoms with Crippen LogP contribution >= 0.6 is 11.6 Å². The van der Waals surface area contributed by atoms with Crippen molar-refractivity contribution >= 4 is 17.5 Å². The zero-order valence-electron chi connectivity index (χ0n) is 8.27. The molecule has 1 aromatic heterocycles. The van der Waals surface area contributed by atoms with Gasteiger partial charge in [0.15, 0.2) is 0 Å². The Bertz CT molecular complexity index is 302. The first-order valence-electron chi connectivity index (χ1n) is 4.38. The molecule has 0 fully saturated rings. The number of halogens is 1. The molecule has 4 heteroatoms. The number of carbonyl (C=O) groups is 1. The van der Waals surface area contributed by atoms with Gasteiger partial charge in [0.25, 0.3) is 0 Å². The zero-order chi connectivity index (χ0) is 10.6. The summed E-state index contributed by atoms with van der Waals surface area (Å²) in [6, 6.07) is 3.81. The van der Waals surface area contributed by atoms with Gasteiger partial charge in [0.1, 0.15) is 5.88 Å². The van der Waals surface area contributed by atoms with E-state index in [1.54, 1.807) is 24.3 Å². The van der Waals surface area contributed by atoms with Crippen LogP contribution in [0.2, 0.25) is 0 Å². The fraction of sp³-hybridized carbons (Fsp3) is 0.400. The first-order valence-corrected chi connectivity index (χ1v) is 4.91. The topological polar surface area (TPSA) is 33.2 Å². The third-order valence-electron chi connectivity index (χ3n) is 2.28. The maximum absolute atomic E-state index is 11.3. The molecule has 1 amide bonds. The van der Waals surface area contributed by atoms with Gasteiger partial charge in [-0.15, -0.1) is 11.6 Å². The molecule has 1 heterocycles. The summed E-state index contributed by atoms with van der Waals surface area (Å²) in [4.78, 5) is 16.9. The maximum atomic E-state index is 11.3. The Morgan fingerprint density at radius 2 is 2.14 bits per heavy atom. The summed E-state index contributed by atoms with van der Waals surface area (Å²) >= 11 is 5.47. The molecule has 3 nitrogen and oxygen atoms in total. The van der Waals surface area contributed by atoms with E-state index in [1.165, 1.54) is 0 Å². The predicted molar refractivity (Wildman–Crippen MR) is 56.1 cm³/mol. The fourth-order valence-corrected chi connectivity index (χ4v) is 1.36. The summed E-state index contributed by atoms with van der Waals surface area (Å²) < 4.78 is 0. The Kier molecular flexibility index (Phi) is 3.89. The SMILES string of the molecule is CC(c1ccncc1)N(C)C(=O)CCl. The van der Waals surface area contributed by atoms with Crippen LogP contribution in [0.3, 0.4) is 0 Å². The quantitative estimate of drug-likeness (QED) is 0.717. The molecule has 14 heavy (non-hydrogen) atoms. The van der Waals surface area contributed by atoms with E-state index in [-0.39, 0.29) is 17.8 Å². The molecule has 0 radical (unpaired) electrons. The van der Waals surface area contributed by atoms with Crippen molar-refractivity contribution in [1.29, 1.82) is 0 Å². The van der Waals surface area contributed by atoms with E-state index in [0.717, 1.165) is 5.56 Å². The van der Waals surface area contributed by atoms with Gasteiger partial charge in [-0.1, -0.05) is 0 Å². The largest absolute Gasteiger partial charge is 0.338 e. The van der Waals surface area contributed by atoms with Gasteiger partial charge < -0.3 is 4.90 Å². The first kappa shape index (κ1) is 11.0. The average Bonchev–Trinajstić information content (AvgIpc) is 2.27. The average molecular weight is 213 g/mol. The highest BCUT2D eigenvalue weighted by atomic mass is 35.5. The summed E-state index contributed by atoms with van der Waals surface area (Å²) in [5.74, 6) is -0.0534. The van der Waals surface area contributed by atoms with E-state index in [0.29, 0.717) is 0 Å². The highest BCUT2D eigenvalue weighted by Crippen LogP contribution is 2.17. The van der Waals surface area contributed by atoms with Crippen molar-refractivity contribution < 1.29 is 4.79 Å². The second kappa shape index (κ2) is 4.96. The molecule has 0 aliphatic heterocycles. The van der Waals surface area contributed by atoms with Crippen LogP contribution < -0.4 is 0 Å². The van der Waals surface area contributed by atoms with E-state index < -0.39 is 0 Å². The molecule has 0 N–H and O–H groups in total. The molecule has 0 saturated heterocycles. The van der Waals surface area contributed by atoms with Gasteiger partial charge in [0.05, 0.1) is 6.04 Å². The molecule has 1 unspecified atom stereocenters. The predicted octanol–water partition coefficient (Wildman–Crippen LogP) is 1.84. The number of alkyl halides is 1. The molecule has 76 valence electrons. The Morgan fingerprint density at radius 1 is 1.57 bits per heavy atom. The second-order valence-corrected chi connectivity index (χ2v) is 3.36. The maximum Gasteiger partial charge on any atom is 0.237 e. The van der Waals surface area contributed by atoms with E-state index in [9.17, 15) is 4.79 Å². The summed E-state index contributed by atoms with van der Waals surface area (Å²) in [6.45, 7) is 1.96. The van der Waals surface area contributed by atoms with Gasteiger partial charge in [-0.05, 0) is 24.6 Å². The van der Waals surface area contributed by atoms with Crippen LogP contribution in [0.15, 0.2) is 24.5 Å². The molecular formula is C10H13ClN2O. The third kappa shape index (κ3) is 2.45. The van der Waals surface area contributed by atoms with Crippen LogP contribution in [-0.4, -0.2) is 28.7 Å². The van der Waals surface area contributed by atoms with Crippen LogP contribution in [0.4, 0.5) is 0 Å². The lowest BCUT2D eigenvalue weighted by Gasteiger charge is -2.24. The number of hydrogen-bond donors (Lipinski definition) is 0.